The molecule has 55 heavy (non-hydrogen) atoms. The van der Waals surface area contributed by atoms with Crippen molar-refractivity contribution in [2.45, 2.75) is 65.7 Å². The Labute approximate surface area is 328 Å². The second kappa shape index (κ2) is 14.4. The van der Waals surface area contributed by atoms with Crippen molar-refractivity contribution in [3.8, 4) is 33.4 Å². The number of rotatable bonds is 5. The molecule has 0 fully saturated rings. The lowest BCUT2D eigenvalue weighted by molar-refractivity contribution is 0.590. The first-order chi connectivity index (χ1) is 26.7. The van der Waals surface area contributed by atoms with Gasteiger partial charge in [-0.15, -0.1) is 0 Å². The van der Waals surface area contributed by atoms with E-state index < -0.39 is 0 Å². The van der Waals surface area contributed by atoms with Gasteiger partial charge in [0.05, 0.1) is 0 Å². The molecular weight excluding hydrogens is 663 g/mol. The van der Waals surface area contributed by atoms with Gasteiger partial charge in [0, 0.05) is 22.5 Å². The number of nitrogens with zero attached hydrogens (tertiary/aromatic N) is 1. The van der Waals surface area contributed by atoms with Gasteiger partial charge >= 0.3 is 0 Å². The van der Waals surface area contributed by atoms with Gasteiger partial charge in [-0.05, 0) is 126 Å². The molecule has 0 spiro atoms. The van der Waals surface area contributed by atoms with E-state index in [0.29, 0.717) is 0 Å². The Bertz CT molecular complexity index is 2550. The maximum Gasteiger partial charge on any atom is 0.0465 e. The van der Waals surface area contributed by atoms with Gasteiger partial charge in [-0.1, -0.05) is 176 Å². The summed E-state index contributed by atoms with van der Waals surface area (Å²) in [5.74, 6) is 0. The largest absolute Gasteiger partial charge is 0.310 e. The van der Waals surface area contributed by atoms with Crippen LogP contribution in [0.3, 0.4) is 0 Å². The zero-order valence-electron chi connectivity index (χ0n) is 33.3. The van der Waals surface area contributed by atoms with Crippen molar-refractivity contribution in [3.63, 3.8) is 0 Å². The first kappa shape index (κ1) is 36.1. The van der Waals surface area contributed by atoms with Crippen molar-refractivity contribution in [3.05, 3.63) is 192 Å². The molecule has 0 heterocycles. The number of allylic oxidation sites excluding steroid dienone is 3. The van der Waals surface area contributed by atoms with Crippen LogP contribution in [0.5, 0.6) is 0 Å². The van der Waals surface area contributed by atoms with Gasteiger partial charge in [0.1, 0.15) is 0 Å². The van der Waals surface area contributed by atoms with Crippen LogP contribution in [0.2, 0.25) is 0 Å². The van der Waals surface area contributed by atoms with Gasteiger partial charge in [0.2, 0.25) is 0 Å². The summed E-state index contributed by atoms with van der Waals surface area (Å²) in [7, 11) is 0. The summed E-state index contributed by atoms with van der Waals surface area (Å²) in [6, 6.07) is 54.5. The lowest BCUT2D eigenvalue weighted by atomic mass is 9.82. The summed E-state index contributed by atoms with van der Waals surface area (Å²) in [6.45, 7) is 15.5. The normalized spacial score (nSPS) is 13.7. The average Bonchev–Trinajstić information content (AvgIpc) is 3.33. The van der Waals surface area contributed by atoms with Crippen molar-refractivity contribution in [2.24, 2.45) is 0 Å². The molecule has 1 nitrogen and oxygen atoms in total. The summed E-state index contributed by atoms with van der Waals surface area (Å²) in [4.78, 5) is 2.42. The minimum atomic E-state index is -0.0864. The van der Waals surface area contributed by atoms with E-state index in [1.807, 2.05) is 13.8 Å². The highest BCUT2D eigenvalue weighted by molar-refractivity contribution is 6.01. The molecule has 0 atom stereocenters. The zero-order chi connectivity index (χ0) is 38.3. The zero-order valence-corrected chi connectivity index (χ0v) is 33.3. The van der Waals surface area contributed by atoms with Crippen molar-refractivity contribution in [1.29, 1.82) is 0 Å². The Hall–Kier alpha value is -5.92. The van der Waals surface area contributed by atoms with Crippen LogP contribution in [0.1, 0.15) is 76.3 Å². The first-order valence-corrected chi connectivity index (χ1v) is 19.9. The topological polar surface area (TPSA) is 3.24 Å². The van der Waals surface area contributed by atoms with E-state index in [1.165, 1.54) is 72.0 Å². The van der Waals surface area contributed by atoms with Crippen LogP contribution in [0.25, 0.3) is 50.2 Å². The van der Waals surface area contributed by atoms with E-state index in [1.54, 1.807) is 0 Å². The van der Waals surface area contributed by atoms with E-state index in [0.717, 1.165) is 23.5 Å². The average molecular weight is 714 g/mol. The lowest BCUT2D eigenvalue weighted by Gasteiger charge is -2.28. The standard InChI is InChI=1S/C52H45N.C2H6/c1-51(2,3)39-25-19-35(20-26-39)36-21-27-40(28-22-36)53(42-31-32-47-46-17-11-12-18-49(46)52(4,5)50(47)34-42)41-29-23-37(24-30-41)48-33-38-13-7-6-8-14-43(38)44-15-9-10-16-45(44)48;1-2/h6-13,15-34H,14H2,1-5H3;1-2H3. The van der Waals surface area contributed by atoms with E-state index >= 15 is 0 Å². The molecular formula is C54H51N. The summed E-state index contributed by atoms with van der Waals surface area (Å²) in [5, 5.41) is 2.63. The SMILES string of the molecule is CC.CC(C)(C)c1ccc(-c2ccc(N(c3ccc(-c4cc5c(c6ccccc46)CC=CC=C5)cc3)c3ccc4c(c3)C(C)(C)c3ccccc3-4)cc2)cc1. The van der Waals surface area contributed by atoms with Crippen LogP contribution in [0, 0.1) is 0 Å². The van der Waals surface area contributed by atoms with E-state index in [4.69, 9.17) is 0 Å². The van der Waals surface area contributed by atoms with Gasteiger partial charge in [-0.2, -0.15) is 0 Å². The van der Waals surface area contributed by atoms with Crippen LogP contribution in [0.15, 0.2) is 164 Å². The van der Waals surface area contributed by atoms with Crippen molar-refractivity contribution < 1.29 is 0 Å². The molecule has 0 aromatic heterocycles. The molecule has 7 aromatic carbocycles. The summed E-state index contributed by atoms with van der Waals surface area (Å²) in [6.07, 6.45) is 9.77. The van der Waals surface area contributed by atoms with Crippen LogP contribution < -0.4 is 4.90 Å². The van der Waals surface area contributed by atoms with Crippen LogP contribution in [-0.2, 0) is 17.3 Å². The molecule has 0 bridgehead atoms. The fraction of sp³-hybridized carbons (Fsp3) is 0.185. The van der Waals surface area contributed by atoms with E-state index in [2.05, 4.69) is 209 Å². The Balaban J connectivity index is 0.00000210. The molecule has 1 heteroatoms. The van der Waals surface area contributed by atoms with Crippen molar-refractivity contribution >= 4 is 33.9 Å². The predicted molar refractivity (Wildman–Crippen MR) is 239 cm³/mol. The molecule has 0 saturated heterocycles. The predicted octanol–water partition coefficient (Wildman–Crippen LogP) is 15.4. The number of hydrogen-bond donors (Lipinski definition) is 0. The Morgan fingerprint density at radius 1 is 0.509 bits per heavy atom. The Kier molecular flexibility index (Phi) is 9.43. The molecule has 0 saturated carbocycles. The second-order valence-corrected chi connectivity index (χ2v) is 16.2. The first-order valence-electron chi connectivity index (χ1n) is 19.9. The van der Waals surface area contributed by atoms with E-state index in [9.17, 15) is 0 Å². The van der Waals surface area contributed by atoms with Crippen molar-refractivity contribution in [2.75, 3.05) is 4.90 Å². The minimum Gasteiger partial charge on any atom is -0.310 e. The van der Waals surface area contributed by atoms with Gasteiger partial charge in [0.25, 0.3) is 0 Å². The number of benzene rings is 7. The van der Waals surface area contributed by atoms with Crippen molar-refractivity contribution in [1.82, 2.24) is 0 Å². The molecule has 7 aromatic rings. The molecule has 0 unspecified atom stereocenters. The third-order valence-corrected chi connectivity index (χ3v) is 11.5. The highest BCUT2D eigenvalue weighted by Gasteiger charge is 2.35. The summed E-state index contributed by atoms with van der Waals surface area (Å²) >= 11 is 0. The number of anilines is 3. The molecule has 2 aliphatic carbocycles. The van der Waals surface area contributed by atoms with Crippen LogP contribution in [-0.4, -0.2) is 0 Å². The van der Waals surface area contributed by atoms with Gasteiger partial charge in [0.15, 0.2) is 0 Å². The third-order valence-electron chi connectivity index (χ3n) is 11.5. The highest BCUT2D eigenvalue weighted by atomic mass is 15.1. The minimum absolute atomic E-state index is 0.0864. The highest BCUT2D eigenvalue weighted by Crippen LogP contribution is 2.51. The fourth-order valence-corrected chi connectivity index (χ4v) is 8.53. The molecule has 272 valence electrons. The van der Waals surface area contributed by atoms with Gasteiger partial charge in [-0.25, -0.2) is 0 Å². The Morgan fingerprint density at radius 2 is 1.07 bits per heavy atom. The fourth-order valence-electron chi connectivity index (χ4n) is 8.53. The third kappa shape index (κ3) is 6.53. The lowest BCUT2D eigenvalue weighted by Crippen LogP contribution is -2.16. The smallest absolute Gasteiger partial charge is 0.0465 e. The maximum absolute atomic E-state index is 2.42. The molecule has 0 amide bonds. The molecule has 0 radical (unpaired) electrons. The summed E-state index contributed by atoms with van der Waals surface area (Å²) in [5.41, 5.74) is 17.9. The monoisotopic (exact) mass is 713 g/mol. The van der Waals surface area contributed by atoms with Crippen LogP contribution in [0.4, 0.5) is 17.1 Å². The van der Waals surface area contributed by atoms with E-state index in [-0.39, 0.29) is 10.8 Å². The van der Waals surface area contributed by atoms with Gasteiger partial charge in [-0.3, -0.25) is 0 Å². The summed E-state index contributed by atoms with van der Waals surface area (Å²) < 4.78 is 0. The quantitative estimate of drug-likeness (QED) is 0.172. The van der Waals surface area contributed by atoms with Gasteiger partial charge < -0.3 is 4.90 Å². The van der Waals surface area contributed by atoms with Crippen LogP contribution >= 0.6 is 0 Å². The number of fused-ring (bicyclic) bond motifs is 6. The molecule has 0 N–H and O–H groups in total. The second-order valence-electron chi connectivity index (χ2n) is 16.2. The molecule has 0 aliphatic heterocycles. The molecule has 2 aliphatic rings. The maximum atomic E-state index is 2.42. The number of hydrogen-bond acceptors (Lipinski definition) is 1. The molecule has 9 rings (SSSR count). The Morgan fingerprint density at radius 3 is 1.75 bits per heavy atom.